The van der Waals surface area contributed by atoms with Crippen molar-refractivity contribution in [3.05, 3.63) is 71.8 Å². The maximum Gasteiger partial charge on any atom is 0.223 e. The summed E-state index contributed by atoms with van der Waals surface area (Å²) in [7, 11) is -3.17. The van der Waals surface area contributed by atoms with Gasteiger partial charge in [0.15, 0.2) is 0 Å². The van der Waals surface area contributed by atoms with Crippen LogP contribution in [0.3, 0.4) is 0 Å². The van der Waals surface area contributed by atoms with Gasteiger partial charge in [-0.15, -0.1) is 0 Å². The Balaban J connectivity index is 1.63. The molecular weight excluding hydrogens is 360 g/mol. The van der Waals surface area contributed by atoms with E-state index in [2.05, 4.69) is 29.6 Å². The van der Waals surface area contributed by atoms with E-state index in [1.54, 1.807) is 0 Å². The van der Waals surface area contributed by atoms with Crippen molar-refractivity contribution in [2.24, 2.45) is 5.92 Å². The molecule has 0 unspecified atom stereocenters. The van der Waals surface area contributed by atoms with Gasteiger partial charge in [0.05, 0.1) is 6.26 Å². The number of carbonyl (C=O) groups excluding carboxylic acids is 1. The molecule has 0 bridgehead atoms. The zero-order chi connectivity index (χ0) is 19.3. The SMILES string of the molecule is CS(=O)(=O)N1CCC(C(=O)NCC(c2ccccc2)c2ccccc2)CC1. The molecule has 0 spiro atoms. The van der Waals surface area contributed by atoms with Crippen LogP contribution in [0.25, 0.3) is 0 Å². The second-order valence-corrected chi connectivity index (χ2v) is 9.04. The number of nitrogens with zero attached hydrogens (tertiary/aromatic N) is 1. The van der Waals surface area contributed by atoms with E-state index in [9.17, 15) is 13.2 Å². The van der Waals surface area contributed by atoms with Crippen LogP contribution in [0, 0.1) is 5.92 Å². The molecule has 5 nitrogen and oxygen atoms in total. The molecule has 1 fully saturated rings. The summed E-state index contributed by atoms with van der Waals surface area (Å²) >= 11 is 0. The van der Waals surface area contributed by atoms with E-state index in [0.29, 0.717) is 32.5 Å². The molecule has 1 heterocycles. The minimum Gasteiger partial charge on any atom is -0.355 e. The number of hydrogen-bond donors (Lipinski definition) is 1. The predicted octanol–water partition coefficient (Wildman–Crippen LogP) is 2.61. The van der Waals surface area contributed by atoms with E-state index >= 15 is 0 Å². The third-order valence-electron chi connectivity index (χ3n) is 5.18. The van der Waals surface area contributed by atoms with Crippen molar-refractivity contribution < 1.29 is 13.2 Å². The molecule has 2 aromatic carbocycles. The van der Waals surface area contributed by atoms with E-state index in [1.807, 2.05) is 36.4 Å². The number of rotatable bonds is 6. The lowest BCUT2D eigenvalue weighted by Crippen LogP contribution is -2.43. The molecule has 0 atom stereocenters. The smallest absolute Gasteiger partial charge is 0.223 e. The van der Waals surface area contributed by atoms with Crippen LogP contribution in [0.1, 0.15) is 29.9 Å². The maximum atomic E-state index is 12.6. The molecule has 27 heavy (non-hydrogen) atoms. The van der Waals surface area contributed by atoms with Gasteiger partial charge in [-0.05, 0) is 24.0 Å². The molecule has 1 aliphatic rings. The monoisotopic (exact) mass is 386 g/mol. The lowest BCUT2D eigenvalue weighted by atomic mass is 9.90. The highest BCUT2D eigenvalue weighted by Crippen LogP contribution is 2.24. The van der Waals surface area contributed by atoms with Crippen molar-refractivity contribution in [2.45, 2.75) is 18.8 Å². The first-order chi connectivity index (χ1) is 12.9. The number of carbonyl (C=O) groups is 1. The van der Waals surface area contributed by atoms with Crippen LogP contribution in [0.5, 0.6) is 0 Å². The molecule has 0 aromatic heterocycles. The number of nitrogens with one attached hydrogen (secondary N) is 1. The first-order valence-electron chi connectivity index (χ1n) is 9.28. The fourth-order valence-electron chi connectivity index (χ4n) is 3.60. The molecule has 6 heteroatoms. The van der Waals surface area contributed by atoms with Crippen LogP contribution in [0.15, 0.2) is 60.7 Å². The summed E-state index contributed by atoms with van der Waals surface area (Å²) in [6, 6.07) is 20.3. The summed E-state index contributed by atoms with van der Waals surface area (Å²) in [5, 5.41) is 3.10. The Hall–Kier alpha value is -2.18. The average molecular weight is 387 g/mol. The molecule has 2 aromatic rings. The summed E-state index contributed by atoms with van der Waals surface area (Å²) in [6.07, 6.45) is 2.36. The van der Waals surface area contributed by atoms with E-state index < -0.39 is 10.0 Å². The Morgan fingerprint density at radius 3 is 1.93 bits per heavy atom. The molecule has 0 saturated carbocycles. The van der Waals surface area contributed by atoms with Gasteiger partial charge in [0, 0.05) is 31.5 Å². The van der Waals surface area contributed by atoms with E-state index in [1.165, 1.54) is 10.6 Å². The van der Waals surface area contributed by atoms with Gasteiger partial charge in [-0.2, -0.15) is 0 Å². The summed E-state index contributed by atoms with van der Waals surface area (Å²) in [6.45, 7) is 1.36. The summed E-state index contributed by atoms with van der Waals surface area (Å²) in [5.41, 5.74) is 2.33. The quantitative estimate of drug-likeness (QED) is 0.830. The third-order valence-corrected chi connectivity index (χ3v) is 6.48. The fourth-order valence-corrected chi connectivity index (χ4v) is 4.47. The van der Waals surface area contributed by atoms with Crippen molar-refractivity contribution >= 4 is 15.9 Å². The van der Waals surface area contributed by atoms with Gasteiger partial charge < -0.3 is 5.32 Å². The number of sulfonamides is 1. The van der Waals surface area contributed by atoms with Crippen molar-refractivity contribution in [3.8, 4) is 0 Å². The van der Waals surface area contributed by atoms with Crippen LogP contribution >= 0.6 is 0 Å². The van der Waals surface area contributed by atoms with Crippen molar-refractivity contribution in [2.75, 3.05) is 25.9 Å². The highest BCUT2D eigenvalue weighted by atomic mass is 32.2. The van der Waals surface area contributed by atoms with E-state index in [4.69, 9.17) is 0 Å². The van der Waals surface area contributed by atoms with Gasteiger partial charge in [0.2, 0.25) is 15.9 Å². The van der Waals surface area contributed by atoms with Crippen LogP contribution < -0.4 is 5.32 Å². The highest BCUT2D eigenvalue weighted by Gasteiger charge is 2.29. The number of hydrogen-bond acceptors (Lipinski definition) is 3. The summed E-state index contributed by atoms with van der Waals surface area (Å²) in [5.74, 6) is -0.0253. The minimum absolute atomic E-state index is 0.0139. The Morgan fingerprint density at radius 2 is 1.48 bits per heavy atom. The Bertz CT molecular complexity index is 806. The third kappa shape index (κ3) is 5.17. The molecule has 1 N–H and O–H groups in total. The molecular formula is C21H26N2O3S. The first-order valence-corrected chi connectivity index (χ1v) is 11.1. The zero-order valence-corrected chi connectivity index (χ0v) is 16.4. The van der Waals surface area contributed by atoms with Gasteiger partial charge in [-0.1, -0.05) is 60.7 Å². The fraction of sp³-hybridized carbons (Fsp3) is 0.381. The Morgan fingerprint density at radius 1 is 1.00 bits per heavy atom. The molecule has 144 valence electrons. The van der Waals surface area contributed by atoms with Crippen LogP contribution in [-0.4, -0.2) is 44.5 Å². The van der Waals surface area contributed by atoms with Crippen molar-refractivity contribution in [1.82, 2.24) is 9.62 Å². The van der Waals surface area contributed by atoms with Crippen LogP contribution in [0.4, 0.5) is 0 Å². The van der Waals surface area contributed by atoms with E-state index in [-0.39, 0.29) is 17.7 Å². The minimum atomic E-state index is -3.17. The summed E-state index contributed by atoms with van der Waals surface area (Å²) < 4.78 is 24.7. The molecule has 3 rings (SSSR count). The van der Waals surface area contributed by atoms with Gasteiger partial charge in [-0.3, -0.25) is 4.79 Å². The van der Waals surface area contributed by atoms with Gasteiger partial charge in [0.25, 0.3) is 0 Å². The molecule has 0 aliphatic carbocycles. The molecule has 0 radical (unpaired) electrons. The normalized spacial score (nSPS) is 16.4. The molecule has 1 aliphatic heterocycles. The second kappa shape index (κ2) is 8.67. The average Bonchev–Trinajstić information content (AvgIpc) is 2.69. The zero-order valence-electron chi connectivity index (χ0n) is 15.5. The number of amides is 1. The van der Waals surface area contributed by atoms with Gasteiger partial charge in [-0.25, -0.2) is 12.7 Å². The van der Waals surface area contributed by atoms with Gasteiger partial charge in [0.1, 0.15) is 0 Å². The lowest BCUT2D eigenvalue weighted by Gasteiger charge is -2.30. The first kappa shape index (κ1) is 19.6. The number of piperidine rings is 1. The number of benzene rings is 2. The van der Waals surface area contributed by atoms with Crippen molar-refractivity contribution in [3.63, 3.8) is 0 Å². The second-order valence-electron chi connectivity index (χ2n) is 7.06. The Labute approximate surface area is 161 Å². The standard InChI is InChI=1S/C21H26N2O3S/c1-27(25,26)23-14-12-19(13-15-23)21(24)22-16-20(17-8-4-2-5-9-17)18-10-6-3-7-11-18/h2-11,19-20H,12-16H2,1H3,(H,22,24). The topological polar surface area (TPSA) is 66.5 Å². The Kier molecular flexibility index (Phi) is 6.29. The largest absolute Gasteiger partial charge is 0.355 e. The van der Waals surface area contributed by atoms with Crippen LogP contribution in [0.2, 0.25) is 0 Å². The van der Waals surface area contributed by atoms with Crippen molar-refractivity contribution in [1.29, 1.82) is 0 Å². The molecule has 1 saturated heterocycles. The van der Waals surface area contributed by atoms with E-state index in [0.717, 1.165) is 11.1 Å². The van der Waals surface area contributed by atoms with Crippen LogP contribution in [-0.2, 0) is 14.8 Å². The molecule has 1 amide bonds. The lowest BCUT2D eigenvalue weighted by molar-refractivity contribution is -0.126. The maximum absolute atomic E-state index is 12.6. The highest BCUT2D eigenvalue weighted by molar-refractivity contribution is 7.88. The predicted molar refractivity (Wildman–Crippen MR) is 107 cm³/mol. The summed E-state index contributed by atoms with van der Waals surface area (Å²) in [4.78, 5) is 12.6. The van der Waals surface area contributed by atoms with Gasteiger partial charge >= 0.3 is 0 Å².